The molecular weight excluding hydrogens is 235 g/mol. The van der Waals surface area contributed by atoms with E-state index in [1.807, 2.05) is 6.20 Å². The van der Waals surface area contributed by atoms with Crippen LogP contribution < -0.4 is 5.73 Å². The highest BCUT2D eigenvalue weighted by Gasteiger charge is 1.99. The van der Waals surface area contributed by atoms with Crippen LogP contribution in [0.25, 0.3) is 5.65 Å². The number of nitriles is 1. The molecule has 0 radical (unpaired) electrons. The first-order valence-electron chi connectivity index (χ1n) is 3.91. The second kappa shape index (κ2) is 5.56. The van der Waals surface area contributed by atoms with E-state index in [2.05, 4.69) is 11.1 Å². The van der Waals surface area contributed by atoms with E-state index in [0.717, 1.165) is 11.3 Å². The van der Waals surface area contributed by atoms with E-state index in [1.165, 1.54) is 0 Å². The summed E-state index contributed by atoms with van der Waals surface area (Å²) in [6.45, 7) is 0.420. The number of imidazole rings is 1. The van der Waals surface area contributed by atoms with Crippen LogP contribution in [0, 0.1) is 11.3 Å². The lowest BCUT2D eigenvalue weighted by Crippen LogP contribution is -1.95. The molecular formula is C9H10Cl2N4. The molecule has 0 bridgehead atoms. The molecule has 2 heterocycles. The average molecular weight is 245 g/mol. The molecule has 0 saturated carbocycles. The number of fused-ring (bicyclic) bond motifs is 1. The number of pyridine rings is 1. The Hall–Kier alpha value is -1.28. The van der Waals surface area contributed by atoms with E-state index >= 15 is 0 Å². The van der Waals surface area contributed by atoms with E-state index < -0.39 is 0 Å². The fourth-order valence-corrected chi connectivity index (χ4v) is 1.21. The first kappa shape index (κ1) is 13.7. The SMILES string of the molecule is Cl.Cl.N#Cc1ccc2nc(CN)cn2c1. The lowest BCUT2D eigenvalue weighted by Gasteiger charge is -1.91. The minimum Gasteiger partial charge on any atom is -0.325 e. The summed E-state index contributed by atoms with van der Waals surface area (Å²) < 4.78 is 1.81. The van der Waals surface area contributed by atoms with Crippen molar-refractivity contribution in [3.05, 3.63) is 35.8 Å². The van der Waals surface area contributed by atoms with Crippen molar-refractivity contribution in [3.8, 4) is 6.07 Å². The number of nitrogens with two attached hydrogens (primary N) is 1. The Morgan fingerprint density at radius 3 is 2.67 bits per heavy atom. The molecule has 80 valence electrons. The van der Waals surface area contributed by atoms with Gasteiger partial charge in [0.25, 0.3) is 0 Å². The number of hydrogen-bond donors (Lipinski definition) is 1. The van der Waals surface area contributed by atoms with E-state index in [4.69, 9.17) is 11.0 Å². The van der Waals surface area contributed by atoms with Gasteiger partial charge in [-0.25, -0.2) is 4.98 Å². The monoisotopic (exact) mass is 244 g/mol. The van der Waals surface area contributed by atoms with Gasteiger partial charge < -0.3 is 10.1 Å². The Bertz CT molecular complexity index is 486. The van der Waals surface area contributed by atoms with Crippen molar-refractivity contribution in [3.63, 3.8) is 0 Å². The molecule has 0 saturated heterocycles. The molecule has 0 atom stereocenters. The zero-order chi connectivity index (χ0) is 9.26. The van der Waals surface area contributed by atoms with Crippen molar-refractivity contribution in [1.29, 1.82) is 5.26 Å². The maximum Gasteiger partial charge on any atom is 0.137 e. The lowest BCUT2D eigenvalue weighted by atomic mass is 10.3. The van der Waals surface area contributed by atoms with Crippen molar-refractivity contribution in [2.75, 3.05) is 0 Å². The molecule has 2 aromatic rings. The zero-order valence-electron chi connectivity index (χ0n) is 7.75. The summed E-state index contributed by atoms with van der Waals surface area (Å²) in [4.78, 5) is 4.24. The summed E-state index contributed by atoms with van der Waals surface area (Å²) in [6.07, 6.45) is 3.57. The third-order valence-electron chi connectivity index (χ3n) is 1.84. The van der Waals surface area contributed by atoms with Crippen LogP contribution in [0.1, 0.15) is 11.3 Å². The fourth-order valence-electron chi connectivity index (χ4n) is 1.21. The second-order valence-electron chi connectivity index (χ2n) is 2.73. The average Bonchev–Trinajstić information content (AvgIpc) is 2.58. The molecule has 0 aliphatic carbocycles. The molecule has 0 spiro atoms. The predicted molar refractivity (Wildman–Crippen MR) is 62.3 cm³/mol. The second-order valence-corrected chi connectivity index (χ2v) is 2.73. The highest BCUT2D eigenvalue weighted by Crippen LogP contribution is 2.06. The zero-order valence-corrected chi connectivity index (χ0v) is 9.38. The van der Waals surface area contributed by atoms with Gasteiger partial charge in [0.1, 0.15) is 11.7 Å². The van der Waals surface area contributed by atoms with Crippen molar-refractivity contribution in [1.82, 2.24) is 9.38 Å². The van der Waals surface area contributed by atoms with Crippen LogP contribution in [-0.4, -0.2) is 9.38 Å². The molecule has 0 unspecified atom stereocenters. The van der Waals surface area contributed by atoms with Crippen LogP contribution in [0.3, 0.4) is 0 Å². The van der Waals surface area contributed by atoms with Crippen LogP contribution in [0.15, 0.2) is 24.5 Å². The maximum absolute atomic E-state index is 8.65. The van der Waals surface area contributed by atoms with Gasteiger partial charge in [0, 0.05) is 18.9 Å². The van der Waals surface area contributed by atoms with E-state index in [0.29, 0.717) is 12.1 Å². The van der Waals surface area contributed by atoms with Gasteiger partial charge in [-0.2, -0.15) is 5.26 Å². The molecule has 15 heavy (non-hydrogen) atoms. The highest BCUT2D eigenvalue weighted by atomic mass is 35.5. The van der Waals surface area contributed by atoms with Gasteiger partial charge in [-0.1, -0.05) is 0 Å². The van der Waals surface area contributed by atoms with Crippen molar-refractivity contribution in [2.24, 2.45) is 5.73 Å². The topological polar surface area (TPSA) is 67.1 Å². The Labute approximate surface area is 99.5 Å². The van der Waals surface area contributed by atoms with Gasteiger partial charge in [-0.05, 0) is 12.1 Å². The molecule has 0 amide bonds. The smallest absolute Gasteiger partial charge is 0.137 e. The Balaban J connectivity index is 0.000000980. The quantitative estimate of drug-likeness (QED) is 0.827. The largest absolute Gasteiger partial charge is 0.325 e. The minimum atomic E-state index is 0. The first-order chi connectivity index (χ1) is 6.33. The first-order valence-corrected chi connectivity index (χ1v) is 3.91. The molecule has 0 aliphatic heterocycles. The summed E-state index contributed by atoms with van der Waals surface area (Å²) in [5.74, 6) is 0. The van der Waals surface area contributed by atoms with Crippen molar-refractivity contribution in [2.45, 2.75) is 6.54 Å². The molecule has 6 heteroatoms. The maximum atomic E-state index is 8.65. The molecule has 0 aromatic carbocycles. The van der Waals surface area contributed by atoms with E-state index in [-0.39, 0.29) is 24.8 Å². The highest BCUT2D eigenvalue weighted by molar-refractivity contribution is 5.85. The third-order valence-corrected chi connectivity index (χ3v) is 1.84. The Morgan fingerprint density at radius 2 is 2.07 bits per heavy atom. The molecule has 4 nitrogen and oxygen atoms in total. The van der Waals surface area contributed by atoms with E-state index in [1.54, 1.807) is 22.7 Å². The van der Waals surface area contributed by atoms with Gasteiger partial charge in [0.2, 0.25) is 0 Å². The van der Waals surface area contributed by atoms with Gasteiger partial charge in [-0.15, -0.1) is 24.8 Å². The van der Waals surface area contributed by atoms with Crippen LogP contribution in [0.4, 0.5) is 0 Å². The van der Waals surface area contributed by atoms with Crippen molar-refractivity contribution >= 4 is 30.5 Å². The van der Waals surface area contributed by atoms with Gasteiger partial charge >= 0.3 is 0 Å². The molecule has 0 aliphatic rings. The molecule has 0 fully saturated rings. The standard InChI is InChI=1S/C9H8N4.2ClH/c10-3-7-1-2-9-12-8(4-11)6-13(9)5-7;;/h1-2,5-6H,4,11H2;2*1H. The number of aromatic nitrogens is 2. The van der Waals surface area contributed by atoms with Crippen LogP contribution >= 0.6 is 24.8 Å². The van der Waals surface area contributed by atoms with Crippen LogP contribution in [0.5, 0.6) is 0 Å². The van der Waals surface area contributed by atoms with Gasteiger partial charge in [-0.3, -0.25) is 0 Å². The van der Waals surface area contributed by atoms with Crippen LogP contribution in [0.2, 0.25) is 0 Å². The Morgan fingerprint density at radius 1 is 1.33 bits per heavy atom. The number of hydrogen-bond acceptors (Lipinski definition) is 3. The Kier molecular flexibility index (Phi) is 5.09. The summed E-state index contributed by atoms with van der Waals surface area (Å²) in [7, 11) is 0. The van der Waals surface area contributed by atoms with Crippen LogP contribution in [-0.2, 0) is 6.54 Å². The molecule has 2 N–H and O–H groups in total. The summed E-state index contributed by atoms with van der Waals surface area (Å²) in [5.41, 5.74) is 7.71. The van der Waals surface area contributed by atoms with Crippen molar-refractivity contribution < 1.29 is 0 Å². The minimum absolute atomic E-state index is 0. The summed E-state index contributed by atoms with van der Waals surface area (Å²) in [6, 6.07) is 5.61. The summed E-state index contributed by atoms with van der Waals surface area (Å²) >= 11 is 0. The van der Waals surface area contributed by atoms with Gasteiger partial charge in [0.05, 0.1) is 11.3 Å². The third kappa shape index (κ3) is 2.60. The predicted octanol–water partition coefficient (Wildman–Crippen LogP) is 1.51. The number of halogens is 2. The normalized spacial score (nSPS) is 8.80. The molecule has 2 rings (SSSR count). The number of rotatable bonds is 1. The summed E-state index contributed by atoms with van der Waals surface area (Å²) in [5, 5.41) is 8.65. The molecule has 2 aromatic heterocycles. The fraction of sp³-hybridized carbons (Fsp3) is 0.111. The lowest BCUT2D eigenvalue weighted by molar-refractivity contribution is 1.01. The number of nitrogens with zero attached hydrogens (tertiary/aromatic N) is 3. The van der Waals surface area contributed by atoms with E-state index in [9.17, 15) is 0 Å². The van der Waals surface area contributed by atoms with Gasteiger partial charge in [0.15, 0.2) is 0 Å².